The first-order valence-corrected chi connectivity index (χ1v) is 6.12. The maximum absolute atomic E-state index is 11.2. The van der Waals surface area contributed by atoms with Crippen molar-refractivity contribution in [2.75, 3.05) is 6.61 Å². The fraction of sp³-hybridized carbons (Fsp3) is 0.462. The molecule has 3 nitrogen and oxygen atoms in total. The van der Waals surface area contributed by atoms with Gasteiger partial charge >= 0.3 is 5.97 Å². The largest absolute Gasteiger partial charge is 0.481 e. The second kappa shape index (κ2) is 7.30. The number of aliphatic hydroxyl groups is 1. The zero-order valence-electron chi connectivity index (χ0n) is 9.60. The minimum absolute atomic E-state index is 0.157. The molecule has 0 fully saturated rings. The molecular formula is C13H17ClO3. The second-order valence-electron chi connectivity index (χ2n) is 3.99. The molecule has 0 radical (unpaired) electrons. The molecule has 1 atom stereocenters. The number of hydrogen-bond acceptors (Lipinski definition) is 2. The second-order valence-corrected chi connectivity index (χ2v) is 4.39. The highest BCUT2D eigenvalue weighted by atomic mass is 35.5. The third kappa shape index (κ3) is 4.36. The van der Waals surface area contributed by atoms with Gasteiger partial charge in [-0.15, -0.1) is 0 Å². The average molecular weight is 257 g/mol. The lowest BCUT2D eigenvalue weighted by Crippen LogP contribution is -2.12. The first-order chi connectivity index (χ1) is 8.16. The summed E-state index contributed by atoms with van der Waals surface area (Å²) in [4.78, 5) is 11.2. The van der Waals surface area contributed by atoms with Crippen molar-refractivity contribution >= 4 is 17.6 Å². The summed E-state index contributed by atoms with van der Waals surface area (Å²) in [6.07, 6.45) is 2.89. The summed E-state index contributed by atoms with van der Waals surface area (Å²) in [5.41, 5.74) is 0.672. The number of aliphatic carboxylic acids is 1. The summed E-state index contributed by atoms with van der Waals surface area (Å²) in [6, 6.07) is 7.05. The van der Waals surface area contributed by atoms with Crippen molar-refractivity contribution in [1.29, 1.82) is 0 Å². The highest BCUT2D eigenvalue weighted by Crippen LogP contribution is 2.28. The highest BCUT2D eigenvalue weighted by Gasteiger charge is 2.21. The van der Waals surface area contributed by atoms with Crippen LogP contribution in [0.15, 0.2) is 24.3 Å². The standard InChI is InChI=1S/C13H17ClO3/c14-12-8-4-3-6-10(12)11(13(16)17)7-2-1-5-9-15/h3-4,6,8,11,15H,1-2,5,7,9H2,(H,16,17). The van der Waals surface area contributed by atoms with Crippen LogP contribution in [0.3, 0.4) is 0 Å². The monoisotopic (exact) mass is 256 g/mol. The lowest BCUT2D eigenvalue weighted by Gasteiger charge is -2.13. The molecule has 0 saturated heterocycles. The Labute approximate surface area is 106 Å². The molecule has 0 bridgehead atoms. The summed E-state index contributed by atoms with van der Waals surface area (Å²) in [6.45, 7) is 0.157. The van der Waals surface area contributed by atoms with Gasteiger partial charge in [-0.2, -0.15) is 0 Å². The molecule has 0 saturated carbocycles. The van der Waals surface area contributed by atoms with Crippen molar-refractivity contribution in [3.05, 3.63) is 34.9 Å². The van der Waals surface area contributed by atoms with E-state index in [0.717, 1.165) is 19.3 Å². The van der Waals surface area contributed by atoms with Gasteiger partial charge in [0.2, 0.25) is 0 Å². The summed E-state index contributed by atoms with van der Waals surface area (Å²) < 4.78 is 0. The molecule has 0 aliphatic carbocycles. The van der Waals surface area contributed by atoms with Crippen LogP contribution >= 0.6 is 11.6 Å². The quantitative estimate of drug-likeness (QED) is 0.737. The van der Waals surface area contributed by atoms with E-state index in [0.29, 0.717) is 17.0 Å². The van der Waals surface area contributed by atoms with E-state index < -0.39 is 11.9 Å². The van der Waals surface area contributed by atoms with E-state index in [4.69, 9.17) is 16.7 Å². The van der Waals surface area contributed by atoms with Crippen molar-refractivity contribution in [2.24, 2.45) is 0 Å². The summed E-state index contributed by atoms with van der Waals surface area (Å²) in [5.74, 6) is -1.40. The summed E-state index contributed by atoms with van der Waals surface area (Å²) in [7, 11) is 0. The van der Waals surface area contributed by atoms with Gasteiger partial charge in [0.1, 0.15) is 0 Å². The van der Waals surface area contributed by atoms with E-state index in [-0.39, 0.29) is 6.61 Å². The van der Waals surface area contributed by atoms with Crippen LogP contribution in [0.1, 0.15) is 37.2 Å². The van der Waals surface area contributed by atoms with Crippen LogP contribution in [-0.2, 0) is 4.79 Å². The van der Waals surface area contributed by atoms with Crippen molar-refractivity contribution in [3.63, 3.8) is 0 Å². The lowest BCUT2D eigenvalue weighted by molar-refractivity contribution is -0.139. The van der Waals surface area contributed by atoms with Gasteiger partial charge in [0.05, 0.1) is 5.92 Å². The van der Waals surface area contributed by atoms with Gasteiger partial charge in [-0.25, -0.2) is 0 Å². The van der Waals surface area contributed by atoms with Gasteiger partial charge in [-0.3, -0.25) is 4.79 Å². The Morgan fingerprint density at radius 1 is 1.24 bits per heavy atom. The van der Waals surface area contributed by atoms with Crippen molar-refractivity contribution in [2.45, 2.75) is 31.6 Å². The Balaban J connectivity index is 2.66. The molecule has 4 heteroatoms. The Morgan fingerprint density at radius 3 is 2.53 bits per heavy atom. The Hall–Kier alpha value is -1.06. The average Bonchev–Trinajstić information content (AvgIpc) is 2.30. The third-order valence-corrected chi connectivity index (χ3v) is 3.07. The Kier molecular flexibility index (Phi) is 6.01. The molecule has 0 spiro atoms. The molecule has 94 valence electrons. The van der Waals surface area contributed by atoms with Gasteiger partial charge in [0.25, 0.3) is 0 Å². The fourth-order valence-electron chi connectivity index (χ4n) is 1.81. The molecular weight excluding hydrogens is 240 g/mol. The van der Waals surface area contributed by atoms with Crippen LogP contribution in [0.5, 0.6) is 0 Å². The fourth-order valence-corrected chi connectivity index (χ4v) is 2.07. The van der Waals surface area contributed by atoms with E-state index in [9.17, 15) is 9.90 Å². The van der Waals surface area contributed by atoms with E-state index in [1.54, 1.807) is 24.3 Å². The van der Waals surface area contributed by atoms with Gasteiger partial charge < -0.3 is 10.2 Å². The molecule has 1 unspecified atom stereocenters. The van der Waals surface area contributed by atoms with Gasteiger partial charge in [-0.1, -0.05) is 42.6 Å². The molecule has 1 rings (SSSR count). The first-order valence-electron chi connectivity index (χ1n) is 5.75. The van der Waals surface area contributed by atoms with Crippen LogP contribution in [0.2, 0.25) is 5.02 Å². The maximum atomic E-state index is 11.2. The number of rotatable bonds is 7. The topological polar surface area (TPSA) is 57.5 Å². The number of carboxylic acid groups (broad SMARTS) is 1. The molecule has 2 N–H and O–H groups in total. The Bertz CT molecular complexity index is 365. The number of carbonyl (C=O) groups is 1. The number of benzene rings is 1. The van der Waals surface area contributed by atoms with Gasteiger partial charge in [0.15, 0.2) is 0 Å². The minimum Gasteiger partial charge on any atom is -0.481 e. The van der Waals surface area contributed by atoms with Crippen LogP contribution in [0.4, 0.5) is 0 Å². The summed E-state index contributed by atoms with van der Waals surface area (Å²) >= 11 is 6.00. The predicted molar refractivity (Wildman–Crippen MR) is 67.4 cm³/mol. The molecule has 0 aliphatic heterocycles. The lowest BCUT2D eigenvalue weighted by atomic mass is 9.93. The molecule has 1 aromatic rings. The number of halogens is 1. The van der Waals surface area contributed by atoms with Gasteiger partial charge in [-0.05, 0) is 24.5 Å². The Morgan fingerprint density at radius 2 is 1.94 bits per heavy atom. The number of carboxylic acids is 1. The van der Waals surface area contributed by atoms with Crippen LogP contribution in [0, 0.1) is 0 Å². The zero-order chi connectivity index (χ0) is 12.7. The zero-order valence-corrected chi connectivity index (χ0v) is 10.4. The molecule has 1 aromatic carbocycles. The molecule has 0 aliphatic rings. The molecule has 0 aromatic heterocycles. The third-order valence-electron chi connectivity index (χ3n) is 2.73. The first kappa shape index (κ1) is 14.0. The van der Waals surface area contributed by atoms with Crippen LogP contribution in [0.25, 0.3) is 0 Å². The summed E-state index contributed by atoms with van der Waals surface area (Å²) in [5, 5.41) is 18.4. The van der Waals surface area contributed by atoms with Crippen molar-refractivity contribution in [3.8, 4) is 0 Å². The minimum atomic E-state index is -0.845. The smallest absolute Gasteiger partial charge is 0.311 e. The van der Waals surface area contributed by atoms with E-state index in [2.05, 4.69) is 0 Å². The van der Waals surface area contributed by atoms with E-state index >= 15 is 0 Å². The van der Waals surface area contributed by atoms with Crippen LogP contribution < -0.4 is 0 Å². The number of unbranched alkanes of at least 4 members (excludes halogenated alkanes) is 2. The predicted octanol–water partition coefficient (Wildman–Crippen LogP) is 3.06. The van der Waals surface area contributed by atoms with Crippen molar-refractivity contribution < 1.29 is 15.0 Å². The normalized spacial score (nSPS) is 12.4. The highest BCUT2D eigenvalue weighted by molar-refractivity contribution is 6.31. The van der Waals surface area contributed by atoms with E-state index in [1.807, 2.05) is 0 Å². The number of aliphatic hydroxyl groups excluding tert-OH is 1. The molecule has 0 amide bonds. The molecule has 0 heterocycles. The van der Waals surface area contributed by atoms with Crippen molar-refractivity contribution in [1.82, 2.24) is 0 Å². The van der Waals surface area contributed by atoms with Crippen LogP contribution in [-0.4, -0.2) is 22.8 Å². The molecule has 17 heavy (non-hydrogen) atoms. The van der Waals surface area contributed by atoms with E-state index in [1.165, 1.54) is 0 Å². The SMILES string of the molecule is O=C(O)C(CCCCCO)c1ccccc1Cl. The number of hydrogen-bond donors (Lipinski definition) is 2. The maximum Gasteiger partial charge on any atom is 0.311 e. The van der Waals surface area contributed by atoms with Gasteiger partial charge in [0, 0.05) is 11.6 Å².